The molecule has 4 nitrogen and oxygen atoms in total. The number of amides is 1. The number of nitrogens with zero attached hydrogens (tertiary/aromatic N) is 1. The smallest absolute Gasteiger partial charge is 0.234 e. The third-order valence-electron chi connectivity index (χ3n) is 5.20. The van der Waals surface area contributed by atoms with Crippen molar-refractivity contribution in [1.29, 1.82) is 0 Å². The van der Waals surface area contributed by atoms with Crippen LogP contribution in [-0.2, 0) is 14.6 Å². The molecule has 0 spiro atoms. The van der Waals surface area contributed by atoms with Crippen LogP contribution < -0.4 is 0 Å². The van der Waals surface area contributed by atoms with E-state index in [0.29, 0.717) is 13.0 Å². The fraction of sp³-hybridized carbons (Fsp3) is 0.409. The van der Waals surface area contributed by atoms with Gasteiger partial charge in [-0.3, -0.25) is 4.79 Å². The molecule has 27 heavy (non-hydrogen) atoms. The Bertz CT molecular complexity index is 810. The van der Waals surface area contributed by atoms with Crippen LogP contribution in [-0.4, -0.2) is 43.3 Å². The lowest BCUT2D eigenvalue weighted by Gasteiger charge is -2.32. The number of benzene rings is 2. The molecule has 3 rings (SSSR count). The van der Waals surface area contributed by atoms with Gasteiger partial charge < -0.3 is 4.90 Å². The molecule has 144 valence electrons. The number of unbranched alkanes of at least 4 members (excludes halogenated alkanes) is 1. The maximum Gasteiger partial charge on any atom is 0.234 e. The van der Waals surface area contributed by atoms with Gasteiger partial charge in [-0.2, -0.15) is 0 Å². The van der Waals surface area contributed by atoms with Gasteiger partial charge in [0.2, 0.25) is 5.91 Å². The van der Waals surface area contributed by atoms with Gasteiger partial charge in [-0.1, -0.05) is 74.0 Å². The van der Waals surface area contributed by atoms with E-state index >= 15 is 0 Å². The van der Waals surface area contributed by atoms with E-state index in [1.807, 2.05) is 65.6 Å². The molecule has 1 amide bonds. The minimum absolute atomic E-state index is 0.00273. The normalized spacial score (nSPS) is 18.5. The molecule has 0 bridgehead atoms. The first-order chi connectivity index (χ1) is 13.0. The van der Waals surface area contributed by atoms with Crippen molar-refractivity contribution in [2.24, 2.45) is 0 Å². The molecule has 1 unspecified atom stereocenters. The Morgan fingerprint density at radius 2 is 1.59 bits per heavy atom. The lowest BCUT2D eigenvalue weighted by atomic mass is 9.89. The number of hydrogen-bond donors (Lipinski definition) is 0. The molecule has 1 fully saturated rings. The first-order valence-electron chi connectivity index (χ1n) is 9.62. The van der Waals surface area contributed by atoms with Crippen molar-refractivity contribution in [3.63, 3.8) is 0 Å². The third-order valence-corrected chi connectivity index (χ3v) is 6.95. The number of carbonyl (C=O) groups excluding carboxylic acids is 1. The van der Waals surface area contributed by atoms with E-state index < -0.39 is 15.8 Å². The fourth-order valence-corrected chi connectivity index (χ4v) is 5.49. The van der Waals surface area contributed by atoms with E-state index in [1.165, 1.54) is 0 Å². The highest BCUT2D eigenvalue weighted by atomic mass is 32.2. The average Bonchev–Trinajstić information content (AvgIpc) is 3.03. The van der Waals surface area contributed by atoms with Crippen LogP contribution in [0.4, 0.5) is 0 Å². The molecular weight excluding hydrogens is 358 g/mol. The summed E-state index contributed by atoms with van der Waals surface area (Å²) < 4.78 is 24.0. The highest BCUT2D eigenvalue weighted by molar-refractivity contribution is 7.91. The van der Waals surface area contributed by atoms with E-state index in [-0.39, 0.29) is 23.5 Å². The van der Waals surface area contributed by atoms with Crippen molar-refractivity contribution in [3.8, 4) is 0 Å². The van der Waals surface area contributed by atoms with Crippen LogP contribution in [0.15, 0.2) is 60.7 Å². The van der Waals surface area contributed by atoms with Gasteiger partial charge in [0, 0.05) is 12.6 Å². The van der Waals surface area contributed by atoms with E-state index in [4.69, 9.17) is 0 Å². The van der Waals surface area contributed by atoms with E-state index in [9.17, 15) is 13.2 Å². The van der Waals surface area contributed by atoms with Gasteiger partial charge in [0.25, 0.3) is 0 Å². The minimum Gasteiger partial charge on any atom is -0.338 e. The Labute approximate surface area is 162 Å². The van der Waals surface area contributed by atoms with Crippen molar-refractivity contribution in [2.45, 2.75) is 38.1 Å². The molecule has 1 atom stereocenters. The van der Waals surface area contributed by atoms with Gasteiger partial charge in [-0.15, -0.1) is 0 Å². The Hall–Kier alpha value is -2.14. The van der Waals surface area contributed by atoms with Crippen molar-refractivity contribution >= 4 is 15.7 Å². The van der Waals surface area contributed by atoms with Crippen molar-refractivity contribution in [1.82, 2.24) is 4.90 Å². The second kappa shape index (κ2) is 8.70. The highest BCUT2D eigenvalue weighted by Gasteiger charge is 2.37. The zero-order chi connectivity index (χ0) is 19.3. The molecular formula is C22H27NO3S. The van der Waals surface area contributed by atoms with Crippen molar-refractivity contribution < 1.29 is 13.2 Å². The summed E-state index contributed by atoms with van der Waals surface area (Å²) in [5.74, 6) is -0.149. The van der Waals surface area contributed by atoms with Crippen LogP contribution in [0.2, 0.25) is 0 Å². The van der Waals surface area contributed by atoms with Crippen molar-refractivity contribution in [3.05, 3.63) is 71.8 Å². The van der Waals surface area contributed by atoms with Gasteiger partial charge in [-0.25, -0.2) is 8.42 Å². The molecule has 0 saturated carbocycles. The van der Waals surface area contributed by atoms with E-state index in [1.54, 1.807) is 0 Å². The van der Waals surface area contributed by atoms with Crippen LogP contribution >= 0.6 is 0 Å². The summed E-state index contributed by atoms with van der Waals surface area (Å²) in [4.78, 5) is 15.5. The average molecular weight is 386 g/mol. The maximum absolute atomic E-state index is 13.7. The van der Waals surface area contributed by atoms with Crippen LogP contribution in [0.3, 0.4) is 0 Å². The summed E-state index contributed by atoms with van der Waals surface area (Å²) in [7, 11) is -3.05. The van der Waals surface area contributed by atoms with Crippen LogP contribution in [0.25, 0.3) is 0 Å². The van der Waals surface area contributed by atoms with Crippen LogP contribution in [0, 0.1) is 0 Å². The summed E-state index contributed by atoms with van der Waals surface area (Å²) in [5, 5.41) is 0. The molecule has 1 aliphatic rings. The van der Waals surface area contributed by atoms with Crippen molar-refractivity contribution in [2.75, 3.05) is 18.1 Å². The highest BCUT2D eigenvalue weighted by Crippen LogP contribution is 2.30. The largest absolute Gasteiger partial charge is 0.338 e. The number of carbonyl (C=O) groups is 1. The lowest BCUT2D eigenvalue weighted by molar-refractivity contribution is -0.133. The molecule has 1 saturated heterocycles. The molecule has 2 aromatic rings. The first kappa shape index (κ1) is 19.6. The van der Waals surface area contributed by atoms with E-state index in [0.717, 1.165) is 24.0 Å². The summed E-state index contributed by atoms with van der Waals surface area (Å²) in [6, 6.07) is 19.3. The lowest BCUT2D eigenvalue weighted by Crippen LogP contribution is -2.44. The Kier molecular flexibility index (Phi) is 6.32. The minimum atomic E-state index is -3.05. The molecule has 2 aromatic carbocycles. The monoisotopic (exact) mass is 385 g/mol. The maximum atomic E-state index is 13.7. The Balaban J connectivity index is 1.97. The predicted molar refractivity (Wildman–Crippen MR) is 108 cm³/mol. The summed E-state index contributed by atoms with van der Waals surface area (Å²) in [5.41, 5.74) is 1.88. The first-order valence-corrected chi connectivity index (χ1v) is 11.4. The third kappa shape index (κ3) is 4.78. The van der Waals surface area contributed by atoms with Gasteiger partial charge in [0.05, 0.1) is 17.4 Å². The summed E-state index contributed by atoms with van der Waals surface area (Å²) in [6.45, 7) is 2.69. The molecule has 1 heterocycles. The summed E-state index contributed by atoms with van der Waals surface area (Å²) in [6.07, 6.45) is 2.37. The predicted octanol–water partition coefficient (Wildman–Crippen LogP) is 3.63. The standard InChI is InChI=1S/C22H27NO3S/c1-2-3-15-23(20-14-16-27(25,26)17-20)22(24)21(18-10-6-4-7-11-18)19-12-8-5-9-13-19/h4-13,20-21H,2-3,14-17H2,1H3. The zero-order valence-electron chi connectivity index (χ0n) is 15.8. The van der Waals surface area contributed by atoms with E-state index in [2.05, 4.69) is 6.92 Å². The molecule has 5 heteroatoms. The molecule has 0 radical (unpaired) electrons. The zero-order valence-corrected chi connectivity index (χ0v) is 16.6. The quantitative estimate of drug-likeness (QED) is 0.731. The topological polar surface area (TPSA) is 54.5 Å². The van der Waals surface area contributed by atoms with Gasteiger partial charge in [-0.05, 0) is 24.0 Å². The summed E-state index contributed by atoms with van der Waals surface area (Å²) >= 11 is 0. The molecule has 0 N–H and O–H groups in total. The molecule has 1 aliphatic heterocycles. The SMILES string of the molecule is CCCCN(C(=O)C(c1ccccc1)c1ccccc1)C1CCS(=O)(=O)C1. The van der Waals surface area contributed by atoms with Crippen LogP contribution in [0.1, 0.15) is 43.2 Å². The van der Waals surface area contributed by atoms with Gasteiger partial charge >= 0.3 is 0 Å². The Morgan fingerprint density at radius 1 is 1.04 bits per heavy atom. The number of hydrogen-bond acceptors (Lipinski definition) is 3. The van der Waals surface area contributed by atoms with Crippen LogP contribution in [0.5, 0.6) is 0 Å². The van der Waals surface area contributed by atoms with Gasteiger partial charge in [0.1, 0.15) is 0 Å². The second-order valence-corrected chi connectivity index (χ2v) is 9.43. The number of sulfone groups is 1. The fourth-order valence-electron chi connectivity index (χ4n) is 3.76. The number of rotatable bonds is 7. The van der Waals surface area contributed by atoms with Gasteiger partial charge in [0.15, 0.2) is 9.84 Å². The Morgan fingerprint density at radius 3 is 2.04 bits per heavy atom. The second-order valence-electron chi connectivity index (χ2n) is 7.20. The molecule has 0 aliphatic carbocycles. The molecule has 0 aromatic heterocycles.